The molecule has 4 atom stereocenters. The maximum atomic E-state index is 12.2. The minimum Gasteiger partial charge on any atom is -0.454 e. The van der Waals surface area contributed by atoms with Gasteiger partial charge in [0.1, 0.15) is 18.3 Å². The SMILES string of the molecule is O=C1N[C@H]2C(=C[C@H](O)[C@@H](O)[C@H]2O)c2cc3c(cc21)OCO3. The van der Waals surface area contributed by atoms with E-state index in [0.29, 0.717) is 28.2 Å². The molecule has 4 rings (SSSR count). The second kappa shape index (κ2) is 4.20. The number of aliphatic hydroxyl groups excluding tert-OH is 3. The standard InChI is InChI=1S/C14H13NO6/c16-8-1-6-5-2-9-10(21-4-20-9)3-7(5)14(19)15-11(6)13(18)12(8)17/h1-3,8,11-13,16-18H,4H2,(H,15,19)/t8-,11-,12+,13-/m0/s1. The summed E-state index contributed by atoms with van der Waals surface area (Å²) >= 11 is 0. The van der Waals surface area contributed by atoms with E-state index >= 15 is 0 Å². The van der Waals surface area contributed by atoms with Gasteiger partial charge in [0, 0.05) is 0 Å². The largest absolute Gasteiger partial charge is 0.454 e. The average Bonchev–Trinajstić information content (AvgIpc) is 2.92. The first-order valence-electron chi connectivity index (χ1n) is 6.57. The molecule has 3 aliphatic rings. The van der Waals surface area contributed by atoms with E-state index in [2.05, 4.69) is 5.32 Å². The van der Waals surface area contributed by atoms with E-state index < -0.39 is 24.4 Å². The second-order valence-electron chi connectivity index (χ2n) is 5.30. The van der Waals surface area contributed by atoms with Gasteiger partial charge >= 0.3 is 0 Å². The molecule has 1 aliphatic carbocycles. The number of hydrogen-bond acceptors (Lipinski definition) is 6. The van der Waals surface area contributed by atoms with Gasteiger partial charge in [0.2, 0.25) is 6.79 Å². The van der Waals surface area contributed by atoms with Crippen molar-refractivity contribution in [2.45, 2.75) is 24.4 Å². The number of amides is 1. The third-order valence-electron chi connectivity index (χ3n) is 4.08. The first-order valence-corrected chi connectivity index (χ1v) is 6.57. The van der Waals surface area contributed by atoms with Gasteiger partial charge in [-0.15, -0.1) is 0 Å². The van der Waals surface area contributed by atoms with Crippen LogP contribution >= 0.6 is 0 Å². The van der Waals surface area contributed by atoms with Gasteiger partial charge in [-0.25, -0.2) is 0 Å². The Balaban J connectivity index is 1.90. The lowest BCUT2D eigenvalue weighted by Crippen LogP contribution is -2.57. The monoisotopic (exact) mass is 291 g/mol. The Hall–Kier alpha value is -2.09. The lowest BCUT2D eigenvalue weighted by Gasteiger charge is -2.39. The molecule has 0 saturated carbocycles. The Morgan fingerprint density at radius 2 is 1.71 bits per heavy atom. The number of hydrogen-bond donors (Lipinski definition) is 4. The number of nitrogens with one attached hydrogen (secondary N) is 1. The normalized spacial score (nSPS) is 32.9. The average molecular weight is 291 g/mol. The first-order chi connectivity index (χ1) is 10.1. The van der Waals surface area contributed by atoms with E-state index in [0.717, 1.165) is 0 Å². The minimum absolute atomic E-state index is 0.0896. The highest BCUT2D eigenvalue weighted by atomic mass is 16.7. The van der Waals surface area contributed by atoms with Crippen LogP contribution in [0.2, 0.25) is 0 Å². The zero-order valence-corrected chi connectivity index (χ0v) is 10.8. The zero-order chi connectivity index (χ0) is 14.7. The zero-order valence-electron chi connectivity index (χ0n) is 10.8. The van der Waals surface area contributed by atoms with Crippen LogP contribution in [0.5, 0.6) is 11.5 Å². The smallest absolute Gasteiger partial charge is 0.252 e. The Morgan fingerprint density at radius 3 is 2.43 bits per heavy atom. The van der Waals surface area contributed by atoms with Crippen LogP contribution in [0.25, 0.3) is 5.57 Å². The molecule has 21 heavy (non-hydrogen) atoms. The van der Waals surface area contributed by atoms with Crippen molar-refractivity contribution in [3.63, 3.8) is 0 Å². The summed E-state index contributed by atoms with van der Waals surface area (Å²) in [5.41, 5.74) is 1.52. The highest BCUT2D eigenvalue weighted by Crippen LogP contribution is 2.41. The van der Waals surface area contributed by atoms with E-state index in [1.54, 1.807) is 12.1 Å². The Kier molecular flexibility index (Phi) is 2.53. The second-order valence-corrected chi connectivity index (χ2v) is 5.30. The molecular formula is C14H13NO6. The molecule has 1 aromatic rings. The fourth-order valence-electron chi connectivity index (χ4n) is 2.98. The van der Waals surface area contributed by atoms with E-state index in [4.69, 9.17) is 9.47 Å². The molecular weight excluding hydrogens is 278 g/mol. The Bertz CT molecular complexity index is 670. The van der Waals surface area contributed by atoms with E-state index in [9.17, 15) is 20.1 Å². The van der Waals surface area contributed by atoms with Gasteiger partial charge < -0.3 is 30.1 Å². The van der Waals surface area contributed by atoms with E-state index in [1.165, 1.54) is 6.08 Å². The molecule has 7 heteroatoms. The van der Waals surface area contributed by atoms with Gasteiger partial charge in [0.25, 0.3) is 5.91 Å². The fourth-order valence-corrected chi connectivity index (χ4v) is 2.98. The summed E-state index contributed by atoms with van der Waals surface area (Å²) in [5.74, 6) is 0.631. The minimum atomic E-state index is -1.34. The van der Waals surface area contributed by atoms with Crippen LogP contribution in [-0.4, -0.2) is 52.4 Å². The number of rotatable bonds is 0. The van der Waals surface area contributed by atoms with Crippen molar-refractivity contribution >= 4 is 11.5 Å². The maximum Gasteiger partial charge on any atom is 0.252 e. The maximum absolute atomic E-state index is 12.2. The predicted octanol–water partition coefficient (Wildman–Crippen LogP) is -0.993. The molecule has 0 spiro atoms. The molecule has 0 fully saturated rings. The summed E-state index contributed by atoms with van der Waals surface area (Å²) in [6, 6.07) is 2.48. The molecule has 7 nitrogen and oxygen atoms in total. The van der Waals surface area contributed by atoms with Crippen LogP contribution in [0.3, 0.4) is 0 Å². The van der Waals surface area contributed by atoms with Gasteiger partial charge in [-0.1, -0.05) is 0 Å². The first kappa shape index (κ1) is 12.6. The third-order valence-corrected chi connectivity index (χ3v) is 4.08. The van der Waals surface area contributed by atoms with Crippen molar-refractivity contribution in [2.24, 2.45) is 0 Å². The molecule has 1 amide bonds. The molecule has 2 aliphatic heterocycles. The van der Waals surface area contributed by atoms with Crippen molar-refractivity contribution < 1.29 is 29.6 Å². The molecule has 0 unspecified atom stereocenters. The predicted molar refractivity (Wildman–Crippen MR) is 69.8 cm³/mol. The van der Waals surface area contributed by atoms with Crippen LogP contribution in [0, 0.1) is 0 Å². The van der Waals surface area contributed by atoms with Crippen molar-refractivity contribution in [3.8, 4) is 11.5 Å². The van der Waals surface area contributed by atoms with Crippen LogP contribution in [-0.2, 0) is 0 Å². The van der Waals surface area contributed by atoms with Crippen LogP contribution in [0.1, 0.15) is 15.9 Å². The molecule has 0 bridgehead atoms. The number of carbonyl (C=O) groups is 1. The van der Waals surface area contributed by atoms with E-state index in [-0.39, 0.29) is 12.7 Å². The third kappa shape index (κ3) is 1.68. The molecule has 2 heterocycles. The Morgan fingerprint density at radius 1 is 1.05 bits per heavy atom. The van der Waals surface area contributed by atoms with Gasteiger partial charge in [-0.3, -0.25) is 4.79 Å². The summed E-state index contributed by atoms with van der Waals surface area (Å²) in [6.07, 6.45) is -2.36. The lowest BCUT2D eigenvalue weighted by atomic mass is 9.79. The highest BCUT2D eigenvalue weighted by molar-refractivity contribution is 6.05. The molecule has 0 radical (unpaired) electrons. The number of fused-ring (bicyclic) bond motifs is 4. The summed E-state index contributed by atoms with van der Waals surface area (Å²) in [7, 11) is 0. The van der Waals surface area contributed by atoms with Gasteiger partial charge in [0.05, 0.1) is 11.6 Å². The van der Waals surface area contributed by atoms with Gasteiger partial charge in [-0.05, 0) is 29.3 Å². The fraction of sp³-hybridized carbons (Fsp3) is 0.357. The van der Waals surface area contributed by atoms with Crippen LogP contribution in [0.4, 0.5) is 0 Å². The summed E-state index contributed by atoms with van der Waals surface area (Å²) in [6.45, 7) is 0.0896. The molecule has 0 aromatic heterocycles. The van der Waals surface area contributed by atoms with E-state index in [1.807, 2.05) is 0 Å². The number of benzene rings is 1. The quantitative estimate of drug-likeness (QED) is 0.489. The highest BCUT2D eigenvalue weighted by Gasteiger charge is 2.43. The van der Waals surface area contributed by atoms with Gasteiger partial charge in [-0.2, -0.15) is 0 Å². The topological polar surface area (TPSA) is 108 Å². The summed E-state index contributed by atoms with van der Waals surface area (Å²) in [5, 5.41) is 32.3. The van der Waals surface area contributed by atoms with Crippen molar-refractivity contribution in [2.75, 3.05) is 6.79 Å². The number of aliphatic hydroxyl groups is 3. The van der Waals surface area contributed by atoms with Crippen molar-refractivity contribution in [1.29, 1.82) is 0 Å². The van der Waals surface area contributed by atoms with Gasteiger partial charge in [0.15, 0.2) is 11.5 Å². The van der Waals surface area contributed by atoms with Crippen LogP contribution in [0.15, 0.2) is 18.2 Å². The Labute approximate surface area is 119 Å². The van der Waals surface area contributed by atoms with Crippen molar-refractivity contribution in [1.82, 2.24) is 5.32 Å². The number of carbonyl (C=O) groups excluding carboxylic acids is 1. The summed E-state index contributed by atoms with van der Waals surface area (Å²) in [4.78, 5) is 12.2. The molecule has 1 aromatic carbocycles. The molecule has 4 N–H and O–H groups in total. The number of ether oxygens (including phenoxy) is 2. The molecule has 110 valence electrons. The lowest BCUT2D eigenvalue weighted by molar-refractivity contribution is -0.0534. The van der Waals surface area contributed by atoms with Crippen LogP contribution < -0.4 is 14.8 Å². The van der Waals surface area contributed by atoms with Crippen molar-refractivity contribution in [3.05, 3.63) is 29.3 Å². The summed E-state index contributed by atoms with van der Waals surface area (Å²) < 4.78 is 10.5. The molecule has 0 saturated heterocycles.